The minimum Gasteiger partial charge on any atom is -0.396 e. The Labute approximate surface area is 112 Å². The third-order valence-corrected chi connectivity index (χ3v) is 3.25. The van der Waals surface area contributed by atoms with Gasteiger partial charge in [0.05, 0.1) is 22.0 Å². The van der Waals surface area contributed by atoms with Crippen LogP contribution >= 0.6 is 15.9 Å². The Hall–Kier alpha value is -0.810. The molecule has 3 N–H and O–H groups in total. The third-order valence-electron chi connectivity index (χ3n) is 2.65. The molecule has 0 aromatic carbocycles. The molecule has 0 radical (unpaired) electrons. The van der Waals surface area contributed by atoms with Gasteiger partial charge in [0, 0.05) is 19.3 Å². The normalized spacial score (nSPS) is 10.8. The second-order valence-corrected chi connectivity index (χ2v) is 4.80. The molecule has 1 rings (SSSR count). The van der Waals surface area contributed by atoms with Crippen LogP contribution in [-0.2, 0) is 0 Å². The first-order chi connectivity index (χ1) is 8.19. The number of likely N-dealkylation sites (N-methyl/N-ethyl adjacent to an activating group) is 1. The minimum absolute atomic E-state index is 0.679. The molecular weight excluding hydrogens is 280 g/mol. The Morgan fingerprint density at radius 3 is 2.71 bits per heavy atom. The van der Waals surface area contributed by atoms with Gasteiger partial charge in [0.1, 0.15) is 0 Å². The number of nitrogens with one attached hydrogen (secondary N) is 1. The summed E-state index contributed by atoms with van der Waals surface area (Å²) in [6, 6.07) is 0. The van der Waals surface area contributed by atoms with Gasteiger partial charge in [0.15, 0.2) is 0 Å². The van der Waals surface area contributed by atoms with Crippen molar-refractivity contribution < 1.29 is 0 Å². The van der Waals surface area contributed by atoms with Crippen LogP contribution in [0.3, 0.4) is 0 Å². The fourth-order valence-corrected chi connectivity index (χ4v) is 2.21. The van der Waals surface area contributed by atoms with Crippen LogP contribution in [0, 0.1) is 0 Å². The van der Waals surface area contributed by atoms with Gasteiger partial charge in [-0.05, 0) is 35.4 Å². The molecular formula is C12H21BrN4. The van der Waals surface area contributed by atoms with Crippen molar-refractivity contribution in [3.05, 3.63) is 16.9 Å². The van der Waals surface area contributed by atoms with Crippen molar-refractivity contribution in [1.29, 1.82) is 0 Å². The molecule has 0 amide bonds. The second kappa shape index (κ2) is 7.50. The van der Waals surface area contributed by atoms with E-state index in [1.165, 1.54) is 6.42 Å². The Kier molecular flexibility index (Phi) is 6.29. The van der Waals surface area contributed by atoms with Crippen molar-refractivity contribution in [2.24, 2.45) is 0 Å². The molecule has 17 heavy (non-hydrogen) atoms. The Bertz CT molecular complexity index is 323. The van der Waals surface area contributed by atoms with E-state index in [9.17, 15) is 0 Å². The maximum Gasteiger partial charge on any atom is 0.0750 e. The molecule has 0 atom stereocenters. The van der Waals surface area contributed by atoms with E-state index in [0.29, 0.717) is 5.69 Å². The van der Waals surface area contributed by atoms with Crippen LogP contribution < -0.4 is 11.1 Å². The largest absolute Gasteiger partial charge is 0.396 e. The van der Waals surface area contributed by atoms with Crippen molar-refractivity contribution in [2.45, 2.75) is 20.3 Å². The number of rotatable bonds is 7. The first-order valence-electron chi connectivity index (χ1n) is 6.04. The van der Waals surface area contributed by atoms with E-state index in [1.807, 2.05) is 0 Å². The lowest BCUT2D eigenvalue weighted by atomic mass is 10.3. The van der Waals surface area contributed by atoms with Crippen molar-refractivity contribution >= 4 is 27.3 Å². The highest BCUT2D eigenvalue weighted by Crippen LogP contribution is 2.26. The van der Waals surface area contributed by atoms with Crippen LogP contribution in [-0.4, -0.2) is 36.1 Å². The minimum atomic E-state index is 0.679. The van der Waals surface area contributed by atoms with E-state index in [1.54, 1.807) is 12.4 Å². The first-order valence-corrected chi connectivity index (χ1v) is 6.83. The molecule has 0 unspecified atom stereocenters. The summed E-state index contributed by atoms with van der Waals surface area (Å²) in [4.78, 5) is 6.43. The summed E-state index contributed by atoms with van der Waals surface area (Å²) in [5, 5.41) is 3.35. The third kappa shape index (κ3) is 4.52. The van der Waals surface area contributed by atoms with E-state index in [-0.39, 0.29) is 0 Å². The summed E-state index contributed by atoms with van der Waals surface area (Å²) < 4.78 is 0.913. The Morgan fingerprint density at radius 2 is 2.12 bits per heavy atom. The van der Waals surface area contributed by atoms with E-state index in [2.05, 4.69) is 45.0 Å². The maximum atomic E-state index is 5.86. The quantitative estimate of drug-likeness (QED) is 0.813. The number of nitrogen functional groups attached to an aromatic ring is 1. The highest BCUT2D eigenvalue weighted by atomic mass is 79.9. The predicted octanol–water partition coefficient (Wildman–Crippen LogP) is 2.57. The number of anilines is 2. The van der Waals surface area contributed by atoms with E-state index < -0.39 is 0 Å². The van der Waals surface area contributed by atoms with Gasteiger partial charge in [-0.3, -0.25) is 4.98 Å². The average Bonchev–Trinajstić information content (AvgIpc) is 2.31. The fraction of sp³-hybridized carbons (Fsp3) is 0.583. The molecule has 1 heterocycles. The fourth-order valence-electron chi connectivity index (χ4n) is 1.72. The van der Waals surface area contributed by atoms with Crippen LogP contribution in [0.1, 0.15) is 20.3 Å². The van der Waals surface area contributed by atoms with E-state index in [0.717, 1.165) is 36.3 Å². The summed E-state index contributed by atoms with van der Waals surface area (Å²) in [7, 11) is 0. The average molecular weight is 301 g/mol. The van der Waals surface area contributed by atoms with Crippen molar-refractivity contribution in [2.75, 3.05) is 37.2 Å². The summed E-state index contributed by atoms with van der Waals surface area (Å²) in [6.45, 7) is 8.53. The van der Waals surface area contributed by atoms with Crippen LogP contribution in [0.15, 0.2) is 16.9 Å². The van der Waals surface area contributed by atoms with Crippen molar-refractivity contribution in [1.82, 2.24) is 9.88 Å². The monoisotopic (exact) mass is 300 g/mol. The SMILES string of the molecule is CCCN(CC)CCNc1c(N)cncc1Br. The number of nitrogens with zero attached hydrogens (tertiary/aromatic N) is 2. The molecule has 0 saturated carbocycles. The molecule has 5 heteroatoms. The lowest BCUT2D eigenvalue weighted by Crippen LogP contribution is -2.29. The van der Waals surface area contributed by atoms with Gasteiger partial charge in [-0.1, -0.05) is 13.8 Å². The predicted molar refractivity (Wildman–Crippen MR) is 77.2 cm³/mol. The lowest BCUT2D eigenvalue weighted by Gasteiger charge is -2.20. The maximum absolute atomic E-state index is 5.86. The topological polar surface area (TPSA) is 54.2 Å². The molecule has 0 bridgehead atoms. The Morgan fingerprint density at radius 1 is 1.35 bits per heavy atom. The van der Waals surface area contributed by atoms with Crippen molar-refractivity contribution in [3.63, 3.8) is 0 Å². The van der Waals surface area contributed by atoms with Crippen LogP contribution in [0.2, 0.25) is 0 Å². The zero-order chi connectivity index (χ0) is 12.7. The van der Waals surface area contributed by atoms with Gasteiger partial charge in [0.2, 0.25) is 0 Å². The molecule has 0 saturated heterocycles. The molecule has 0 aliphatic heterocycles. The number of aromatic nitrogens is 1. The zero-order valence-corrected chi connectivity index (χ0v) is 12.1. The Balaban J connectivity index is 2.45. The number of halogens is 1. The standard InChI is InChI=1S/C12H21BrN4/c1-3-6-17(4-2)7-5-16-12-10(13)8-15-9-11(12)14/h8-9H,3-7,14H2,1-2H3,(H,15,16). The lowest BCUT2D eigenvalue weighted by molar-refractivity contribution is 0.300. The van der Waals surface area contributed by atoms with Gasteiger partial charge in [-0.15, -0.1) is 0 Å². The summed E-state index contributed by atoms with van der Waals surface area (Å²) in [5.41, 5.74) is 7.48. The van der Waals surface area contributed by atoms with E-state index in [4.69, 9.17) is 5.73 Å². The molecule has 0 aliphatic rings. The highest BCUT2D eigenvalue weighted by Gasteiger charge is 2.05. The van der Waals surface area contributed by atoms with Crippen LogP contribution in [0.5, 0.6) is 0 Å². The summed E-state index contributed by atoms with van der Waals surface area (Å²) in [5.74, 6) is 0. The number of hydrogen-bond donors (Lipinski definition) is 2. The van der Waals surface area contributed by atoms with Gasteiger partial charge in [-0.2, -0.15) is 0 Å². The van der Waals surface area contributed by atoms with E-state index >= 15 is 0 Å². The molecule has 96 valence electrons. The molecule has 1 aromatic heterocycles. The van der Waals surface area contributed by atoms with Crippen molar-refractivity contribution in [3.8, 4) is 0 Å². The number of pyridine rings is 1. The zero-order valence-electron chi connectivity index (χ0n) is 10.5. The molecule has 0 aliphatic carbocycles. The van der Waals surface area contributed by atoms with Crippen LogP contribution in [0.25, 0.3) is 0 Å². The molecule has 1 aromatic rings. The summed E-state index contributed by atoms with van der Waals surface area (Å²) in [6.07, 6.45) is 4.61. The molecule has 0 spiro atoms. The summed E-state index contributed by atoms with van der Waals surface area (Å²) >= 11 is 3.44. The van der Waals surface area contributed by atoms with Gasteiger partial charge in [0.25, 0.3) is 0 Å². The van der Waals surface area contributed by atoms with Gasteiger partial charge < -0.3 is 16.0 Å². The number of nitrogens with two attached hydrogens (primary N) is 1. The number of hydrogen-bond acceptors (Lipinski definition) is 4. The molecule has 0 fully saturated rings. The highest BCUT2D eigenvalue weighted by molar-refractivity contribution is 9.10. The smallest absolute Gasteiger partial charge is 0.0750 e. The van der Waals surface area contributed by atoms with Gasteiger partial charge in [-0.25, -0.2) is 0 Å². The second-order valence-electron chi connectivity index (χ2n) is 3.95. The van der Waals surface area contributed by atoms with Gasteiger partial charge >= 0.3 is 0 Å². The van der Waals surface area contributed by atoms with Crippen LogP contribution in [0.4, 0.5) is 11.4 Å². The first kappa shape index (κ1) is 14.3. The molecule has 4 nitrogen and oxygen atoms in total.